The highest BCUT2D eigenvalue weighted by Gasteiger charge is 2.35. The Labute approximate surface area is 196 Å². The van der Waals surface area contributed by atoms with Crippen LogP contribution in [0, 0.1) is 0 Å². The molecule has 12 heteroatoms. The lowest BCUT2D eigenvalue weighted by Gasteiger charge is -2.10. The standard InChI is InChI=1S/C23H18F3N7O2/c1-32-12-15(11-28-32)17-8-14-10-27-19(29-21(14)30-22(17)34)7-13-3-5-16(6-4-13)33-20(35-2)9-18(31-33)23(24,25)26/h3-6,8-12,17H,7H2,1-2H3. The van der Waals surface area contributed by atoms with Crippen molar-refractivity contribution in [1.82, 2.24) is 29.5 Å². The van der Waals surface area contributed by atoms with Gasteiger partial charge >= 0.3 is 6.18 Å². The minimum absolute atomic E-state index is 0.0322. The highest BCUT2D eigenvalue weighted by molar-refractivity contribution is 5.91. The zero-order valence-corrected chi connectivity index (χ0v) is 18.6. The number of nitrogens with zero attached hydrogens (tertiary/aromatic N) is 7. The molecule has 1 aliphatic rings. The van der Waals surface area contributed by atoms with E-state index in [1.807, 2.05) is 0 Å². The van der Waals surface area contributed by atoms with Crippen molar-refractivity contribution in [3.05, 3.63) is 82.3 Å². The van der Waals surface area contributed by atoms with Crippen LogP contribution in [0.15, 0.2) is 53.9 Å². The second-order valence-electron chi connectivity index (χ2n) is 7.93. The van der Waals surface area contributed by atoms with Gasteiger partial charge in [0, 0.05) is 42.7 Å². The zero-order valence-electron chi connectivity index (χ0n) is 18.6. The molecule has 1 atom stereocenters. The van der Waals surface area contributed by atoms with Crippen molar-refractivity contribution in [3.63, 3.8) is 0 Å². The predicted molar refractivity (Wildman–Crippen MR) is 116 cm³/mol. The van der Waals surface area contributed by atoms with Crippen molar-refractivity contribution in [2.45, 2.75) is 18.5 Å². The number of hydrogen-bond donors (Lipinski definition) is 0. The lowest BCUT2D eigenvalue weighted by atomic mass is 9.99. The normalized spacial score (nSPS) is 15.3. The van der Waals surface area contributed by atoms with Crippen molar-refractivity contribution < 1.29 is 22.7 Å². The van der Waals surface area contributed by atoms with Gasteiger partial charge in [-0.25, -0.2) is 14.6 Å². The molecular weight excluding hydrogens is 463 g/mol. The predicted octanol–water partition coefficient (Wildman–Crippen LogP) is 1.74. The number of hydrogen-bond acceptors (Lipinski definition) is 6. The van der Waals surface area contributed by atoms with E-state index < -0.39 is 17.8 Å². The van der Waals surface area contributed by atoms with E-state index in [1.54, 1.807) is 60.7 Å². The Morgan fingerprint density at radius 3 is 2.57 bits per heavy atom. The zero-order chi connectivity index (χ0) is 24.7. The molecule has 5 rings (SSSR count). The highest BCUT2D eigenvalue weighted by atomic mass is 19.4. The number of benzene rings is 1. The third kappa shape index (κ3) is 4.42. The van der Waals surface area contributed by atoms with E-state index in [0.29, 0.717) is 28.6 Å². The number of carbonyl (C=O) groups excluding carboxylic acids is 1. The lowest BCUT2D eigenvalue weighted by molar-refractivity contribution is -0.141. The maximum atomic E-state index is 13.0. The number of ether oxygens (including phenoxy) is 1. The van der Waals surface area contributed by atoms with Crippen LogP contribution in [-0.4, -0.2) is 42.5 Å². The van der Waals surface area contributed by atoms with Crippen LogP contribution >= 0.6 is 0 Å². The molecule has 1 aromatic carbocycles. The molecule has 35 heavy (non-hydrogen) atoms. The molecule has 178 valence electrons. The average Bonchev–Trinajstić information content (AvgIpc) is 3.45. The number of halogens is 3. The number of alkyl halides is 3. The topological polar surface area (TPSA) is 100 Å². The average molecular weight is 481 g/mol. The maximum absolute atomic E-state index is 13.0. The smallest absolute Gasteiger partial charge is 0.435 e. The molecule has 1 aliphatic heterocycles. The molecule has 0 bridgehead atoms. The third-order valence-corrected chi connectivity index (χ3v) is 5.48. The van der Waals surface area contributed by atoms with Crippen LogP contribution < -0.4 is 15.4 Å². The molecule has 0 aliphatic carbocycles. The van der Waals surface area contributed by atoms with Crippen molar-refractivity contribution in [2.75, 3.05) is 7.11 Å². The van der Waals surface area contributed by atoms with Crippen molar-refractivity contribution in [1.29, 1.82) is 0 Å². The molecule has 0 N–H and O–H groups in total. The number of amides is 1. The van der Waals surface area contributed by atoms with Gasteiger partial charge in [0.15, 0.2) is 11.2 Å². The minimum atomic E-state index is -4.58. The quantitative estimate of drug-likeness (QED) is 0.431. The van der Waals surface area contributed by atoms with E-state index in [1.165, 1.54) is 7.11 Å². The third-order valence-electron chi connectivity index (χ3n) is 5.48. The molecule has 3 aromatic heterocycles. The lowest BCUT2D eigenvalue weighted by Crippen LogP contribution is -2.37. The summed E-state index contributed by atoms with van der Waals surface area (Å²) in [6.07, 6.45) is 2.55. The van der Waals surface area contributed by atoms with Gasteiger partial charge in [-0.2, -0.15) is 28.4 Å². The molecule has 4 aromatic rings. The van der Waals surface area contributed by atoms with Crippen molar-refractivity contribution >= 4 is 12.0 Å². The van der Waals surface area contributed by atoms with Gasteiger partial charge < -0.3 is 4.74 Å². The number of methoxy groups -OCH3 is 1. The fourth-order valence-electron chi connectivity index (χ4n) is 3.74. The molecule has 0 radical (unpaired) electrons. The molecule has 0 fully saturated rings. The Hall–Kier alpha value is -4.35. The van der Waals surface area contributed by atoms with E-state index in [4.69, 9.17) is 4.74 Å². The summed E-state index contributed by atoms with van der Waals surface area (Å²) in [4.78, 5) is 25.5. The Morgan fingerprint density at radius 2 is 1.91 bits per heavy atom. The molecular formula is C23H18F3N7O2. The number of aryl methyl sites for hydroxylation is 1. The first kappa shape index (κ1) is 22.4. The molecule has 1 amide bonds. The fourth-order valence-corrected chi connectivity index (χ4v) is 3.74. The Balaban J connectivity index is 1.38. The summed E-state index contributed by atoms with van der Waals surface area (Å²) in [6, 6.07) is 7.57. The van der Waals surface area contributed by atoms with Crippen LogP contribution in [0.3, 0.4) is 0 Å². The summed E-state index contributed by atoms with van der Waals surface area (Å²) in [5, 5.41) is 8.37. The fraction of sp³-hybridized carbons (Fsp3) is 0.217. The molecule has 0 saturated heterocycles. The SMILES string of the molecule is COc1cc(C(F)(F)F)nn1-c1ccc(Cc2ncc3c(n2)=NC(=O)C(c2cnn(C)c2)C=3)cc1. The van der Waals surface area contributed by atoms with Gasteiger partial charge in [0.1, 0.15) is 5.82 Å². The van der Waals surface area contributed by atoms with Crippen LogP contribution in [0.5, 0.6) is 5.88 Å². The van der Waals surface area contributed by atoms with Crippen LogP contribution in [0.25, 0.3) is 11.8 Å². The van der Waals surface area contributed by atoms with Crippen LogP contribution in [-0.2, 0) is 24.4 Å². The van der Waals surface area contributed by atoms with Gasteiger partial charge in [0.05, 0.1) is 24.9 Å². The highest BCUT2D eigenvalue weighted by Crippen LogP contribution is 2.32. The Kier molecular flexibility index (Phi) is 5.42. The molecule has 0 saturated carbocycles. The van der Waals surface area contributed by atoms with E-state index in [2.05, 4.69) is 25.2 Å². The first-order valence-corrected chi connectivity index (χ1v) is 10.5. The summed E-state index contributed by atoms with van der Waals surface area (Å²) in [5.74, 6) is -0.436. The Bertz CT molecular complexity index is 1540. The summed E-state index contributed by atoms with van der Waals surface area (Å²) in [7, 11) is 3.05. The number of carbonyl (C=O) groups is 1. The number of fused-ring (bicyclic) bond motifs is 1. The second-order valence-corrected chi connectivity index (χ2v) is 7.93. The molecule has 9 nitrogen and oxygen atoms in total. The van der Waals surface area contributed by atoms with Gasteiger partial charge in [-0.3, -0.25) is 9.48 Å². The van der Waals surface area contributed by atoms with E-state index >= 15 is 0 Å². The van der Waals surface area contributed by atoms with E-state index in [0.717, 1.165) is 21.9 Å². The van der Waals surface area contributed by atoms with Crippen LogP contribution in [0.2, 0.25) is 0 Å². The maximum Gasteiger partial charge on any atom is 0.435 e. The molecule has 4 heterocycles. The van der Waals surface area contributed by atoms with E-state index in [9.17, 15) is 18.0 Å². The summed E-state index contributed by atoms with van der Waals surface area (Å²) < 4.78 is 46.8. The van der Waals surface area contributed by atoms with Gasteiger partial charge in [-0.05, 0) is 17.7 Å². The number of rotatable bonds is 5. The van der Waals surface area contributed by atoms with Crippen LogP contribution in [0.1, 0.15) is 28.6 Å². The van der Waals surface area contributed by atoms with E-state index in [-0.39, 0.29) is 11.8 Å². The summed E-state index contributed by atoms with van der Waals surface area (Å²) >= 11 is 0. The Morgan fingerprint density at radius 1 is 1.14 bits per heavy atom. The second kappa shape index (κ2) is 8.46. The van der Waals surface area contributed by atoms with Gasteiger partial charge in [0.2, 0.25) is 5.88 Å². The minimum Gasteiger partial charge on any atom is -0.481 e. The number of aromatic nitrogens is 6. The van der Waals surface area contributed by atoms with Gasteiger partial charge in [-0.1, -0.05) is 18.2 Å². The molecule has 0 spiro atoms. The molecule has 1 unspecified atom stereocenters. The van der Waals surface area contributed by atoms with Crippen molar-refractivity contribution in [2.24, 2.45) is 12.0 Å². The van der Waals surface area contributed by atoms with Crippen LogP contribution in [0.4, 0.5) is 13.2 Å². The monoisotopic (exact) mass is 481 g/mol. The van der Waals surface area contributed by atoms with Gasteiger partial charge in [-0.15, -0.1) is 0 Å². The summed E-state index contributed by atoms with van der Waals surface area (Å²) in [5.41, 5.74) is 1.23. The van der Waals surface area contributed by atoms with Crippen molar-refractivity contribution in [3.8, 4) is 11.6 Å². The summed E-state index contributed by atoms with van der Waals surface area (Å²) in [6.45, 7) is 0. The first-order valence-electron chi connectivity index (χ1n) is 10.5. The largest absolute Gasteiger partial charge is 0.481 e. The first-order chi connectivity index (χ1) is 16.7. The van der Waals surface area contributed by atoms with Gasteiger partial charge in [0.25, 0.3) is 5.91 Å².